The molecule has 2 rings (SSSR count). The van der Waals surface area contributed by atoms with Crippen molar-refractivity contribution < 1.29 is 14.4 Å². The summed E-state index contributed by atoms with van der Waals surface area (Å²) in [6.07, 6.45) is 0.861. The van der Waals surface area contributed by atoms with Gasteiger partial charge in [-0.3, -0.25) is 14.4 Å². The van der Waals surface area contributed by atoms with Crippen LogP contribution in [0.5, 0.6) is 0 Å². The second kappa shape index (κ2) is 10.4. The van der Waals surface area contributed by atoms with Crippen LogP contribution in [0.25, 0.3) is 0 Å². The highest BCUT2D eigenvalue weighted by molar-refractivity contribution is 6.03. The molecule has 6 heteroatoms. The van der Waals surface area contributed by atoms with Crippen molar-refractivity contribution in [2.24, 2.45) is 5.41 Å². The van der Waals surface area contributed by atoms with Crippen molar-refractivity contribution in [2.75, 3.05) is 18.4 Å². The molecule has 0 unspecified atom stereocenters. The molecule has 2 aromatic rings. The van der Waals surface area contributed by atoms with Crippen LogP contribution in [-0.4, -0.2) is 30.8 Å². The maximum Gasteiger partial charge on any atom is 0.253 e. The molecule has 0 bridgehead atoms. The van der Waals surface area contributed by atoms with Gasteiger partial charge in [-0.25, -0.2) is 0 Å². The second-order valence-corrected chi connectivity index (χ2v) is 7.84. The van der Waals surface area contributed by atoms with Crippen LogP contribution in [0.1, 0.15) is 43.1 Å². The molecule has 0 aliphatic heterocycles. The monoisotopic (exact) mass is 395 g/mol. The molecule has 3 amide bonds. The minimum absolute atomic E-state index is 0.108. The van der Waals surface area contributed by atoms with Gasteiger partial charge in [-0.2, -0.15) is 0 Å². The minimum atomic E-state index is -0.499. The van der Waals surface area contributed by atoms with Crippen molar-refractivity contribution in [3.05, 3.63) is 65.7 Å². The number of benzene rings is 2. The molecule has 0 spiro atoms. The third-order valence-electron chi connectivity index (χ3n) is 4.31. The van der Waals surface area contributed by atoms with Crippen molar-refractivity contribution in [1.82, 2.24) is 10.6 Å². The number of hydrogen-bond donors (Lipinski definition) is 3. The Kier molecular flexibility index (Phi) is 7.95. The molecule has 6 nitrogen and oxygen atoms in total. The fourth-order valence-corrected chi connectivity index (χ4v) is 2.62. The molecule has 0 fully saturated rings. The number of rotatable bonds is 8. The highest BCUT2D eigenvalue weighted by Gasteiger charge is 2.20. The zero-order valence-corrected chi connectivity index (χ0v) is 17.2. The molecule has 3 N–H and O–H groups in total. The van der Waals surface area contributed by atoms with Crippen molar-refractivity contribution >= 4 is 23.4 Å². The van der Waals surface area contributed by atoms with E-state index in [1.54, 1.807) is 24.3 Å². The molecule has 0 saturated carbocycles. The molecule has 0 atom stereocenters. The van der Waals surface area contributed by atoms with Crippen LogP contribution in [0.4, 0.5) is 5.69 Å². The molecule has 0 aliphatic rings. The Morgan fingerprint density at radius 2 is 1.48 bits per heavy atom. The summed E-state index contributed by atoms with van der Waals surface area (Å²) in [6.45, 7) is 6.19. The Bertz CT molecular complexity index is 842. The fraction of sp³-hybridized carbons (Fsp3) is 0.348. The van der Waals surface area contributed by atoms with Crippen molar-refractivity contribution in [1.29, 1.82) is 0 Å². The lowest BCUT2D eigenvalue weighted by Crippen LogP contribution is -2.36. The van der Waals surface area contributed by atoms with E-state index in [1.165, 1.54) is 0 Å². The van der Waals surface area contributed by atoms with E-state index in [4.69, 9.17) is 0 Å². The molecule has 0 heterocycles. The van der Waals surface area contributed by atoms with Crippen LogP contribution in [0, 0.1) is 5.41 Å². The summed E-state index contributed by atoms with van der Waals surface area (Å²) >= 11 is 0. The third-order valence-corrected chi connectivity index (χ3v) is 4.31. The first-order valence-corrected chi connectivity index (χ1v) is 9.76. The number of nitrogens with one attached hydrogen (secondary N) is 3. The van der Waals surface area contributed by atoms with Gasteiger partial charge in [0.2, 0.25) is 11.8 Å². The molecular formula is C23H29N3O3. The van der Waals surface area contributed by atoms with E-state index in [9.17, 15) is 14.4 Å². The molecule has 0 radical (unpaired) electrons. The summed E-state index contributed by atoms with van der Waals surface area (Å²) in [7, 11) is 0. The maximum absolute atomic E-state index is 12.5. The van der Waals surface area contributed by atoms with Crippen molar-refractivity contribution in [3.63, 3.8) is 0 Å². The third kappa shape index (κ3) is 7.41. The Morgan fingerprint density at radius 3 is 2.17 bits per heavy atom. The van der Waals surface area contributed by atoms with Gasteiger partial charge in [0, 0.05) is 24.9 Å². The Balaban J connectivity index is 1.86. The molecular weight excluding hydrogens is 366 g/mol. The van der Waals surface area contributed by atoms with Gasteiger partial charge < -0.3 is 16.0 Å². The van der Waals surface area contributed by atoms with Gasteiger partial charge in [0.05, 0.1) is 11.3 Å². The smallest absolute Gasteiger partial charge is 0.253 e. The number of para-hydroxylation sites is 1. The van der Waals surface area contributed by atoms with E-state index in [1.807, 2.05) is 51.1 Å². The predicted molar refractivity (Wildman–Crippen MR) is 115 cm³/mol. The summed E-state index contributed by atoms with van der Waals surface area (Å²) in [5, 5.41) is 8.39. The van der Waals surface area contributed by atoms with Gasteiger partial charge in [-0.15, -0.1) is 0 Å². The Hall–Kier alpha value is -3.15. The van der Waals surface area contributed by atoms with Gasteiger partial charge >= 0.3 is 0 Å². The summed E-state index contributed by atoms with van der Waals surface area (Å²) in [4.78, 5) is 36.6. The van der Waals surface area contributed by atoms with Crippen LogP contribution < -0.4 is 16.0 Å². The lowest BCUT2D eigenvalue weighted by atomic mass is 9.96. The number of carbonyl (C=O) groups excluding carboxylic acids is 3. The Morgan fingerprint density at radius 1 is 0.828 bits per heavy atom. The second-order valence-electron chi connectivity index (χ2n) is 7.84. The van der Waals surface area contributed by atoms with Gasteiger partial charge in [-0.1, -0.05) is 63.2 Å². The first kappa shape index (κ1) is 22.1. The number of amides is 3. The quantitative estimate of drug-likeness (QED) is 0.642. The summed E-state index contributed by atoms with van der Waals surface area (Å²) in [5.41, 5.74) is 1.51. The number of hydrogen-bond acceptors (Lipinski definition) is 3. The molecule has 2 aromatic carbocycles. The SMILES string of the molecule is CC(C)(C)C(=O)NCCC(=O)Nc1ccccc1C(=O)NCCc1ccccc1. The molecule has 29 heavy (non-hydrogen) atoms. The lowest BCUT2D eigenvalue weighted by molar-refractivity contribution is -0.128. The average molecular weight is 396 g/mol. The van der Waals surface area contributed by atoms with E-state index in [-0.39, 0.29) is 30.7 Å². The zero-order valence-electron chi connectivity index (χ0n) is 17.2. The highest BCUT2D eigenvalue weighted by Crippen LogP contribution is 2.15. The van der Waals surface area contributed by atoms with Gasteiger partial charge in [0.1, 0.15) is 0 Å². The van der Waals surface area contributed by atoms with Crippen LogP contribution in [0.2, 0.25) is 0 Å². The predicted octanol–water partition coefficient (Wildman–Crippen LogP) is 3.15. The standard InChI is InChI=1S/C23H29N3O3/c1-23(2,3)22(29)25-16-14-20(27)26-19-12-8-7-11-18(19)21(28)24-15-13-17-9-5-4-6-10-17/h4-12H,13-16H2,1-3H3,(H,24,28)(H,25,29)(H,26,27). The minimum Gasteiger partial charge on any atom is -0.355 e. The van der Waals surface area contributed by atoms with Crippen LogP contribution in [-0.2, 0) is 16.0 Å². The fourth-order valence-electron chi connectivity index (χ4n) is 2.62. The average Bonchev–Trinajstić information content (AvgIpc) is 2.68. The topological polar surface area (TPSA) is 87.3 Å². The molecule has 0 aliphatic carbocycles. The highest BCUT2D eigenvalue weighted by atomic mass is 16.2. The largest absolute Gasteiger partial charge is 0.355 e. The molecule has 0 saturated heterocycles. The zero-order chi connectivity index (χ0) is 21.3. The van der Waals surface area contributed by atoms with E-state index < -0.39 is 5.41 Å². The van der Waals surface area contributed by atoms with E-state index in [2.05, 4.69) is 16.0 Å². The van der Waals surface area contributed by atoms with E-state index in [0.717, 1.165) is 12.0 Å². The molecule has 0 aromatic heterocycles. The van der Waals surface area contributed by atoms with Gasteiger partial charge in [-0.05, 0) is 24.1 Å². The number of anilines is 1. The summed E-state index contributed by atoms with van der Waals surface area (Å²) in [5.74, 6) is -0.606. The van der Waals surface area contributed by atoms with Gasteiger partial charge in [0.25, 0.3) is 5.91 Å². The normalized spacial score (nSPS) is 10.9. The van der Waals surface area contributed by atoms with E-state index >= 15 is 0 Å². The first-order valence-electron chi connectivity index (χ1n) is 9.76. The van der Waals surface area contributed by atoms with Crippen molar-refractivity contribution in [2.45, 2.75) is 33.6 Å². The van der Waals surface area contributed by atoms with Crippen LogP contribution >= 0.6 is 0 Å². The van der Waals surface area contributed by atoms with E-state index in [0.29, 0.717) is 17.8 Å². The summed E-state index contributed by atoms with van der Waals surface area (Å²) < 4.78 is 0. The van der Waals surface area contributed by atoms with Crippen LogP contribution in [0.15, 0.2) is 54.6 Å². The Labute approximate surface area is 172 Å². The van der Waals surface area contributed by atoms with Crippen molar-refractivity contribution in [3.8, 4) is 0 Å². The maximum atomic E-state index is 12.5. The van der Waals surface area contributed by atoms with Crippen LogP contribution in [0.3, 0.4) is 0 Å². The summed E-state index contributed by atoms with van der Waals surface area (Å²) in [6, 6.07) is 16.8. The first-order chi connectivity index (χ1) is 13.8. The molecule has 154 valence electrons. The van der Waals surface area contributed by atoms with Gasteiger partial charge in [0.15, 0.2) is 0 Å². The number of carbonyl (C=O) groups is 3. The lowest BCUT2D eigenvalue weighted by Gasteiger charge is -2.17.